The average Bonchev–Trinajstić information content (AvgIpc) is 2.90. The second kappa shape index (κ2) is 6.54. The van der Waals surface area contributed by atoms with Crippen LogP contribution >= 0.6 is 15.9 Å². The van der Waals surface area contributed by atoms with Crippen molar-refractivity contribution in [2.24, 2.45) is 0 Å². The first-order valence-electron chi connectivity index (χ1n) is 8.42. The number of ether oxygens (including phenoxy) is 1. The van der Waals surface area contributed by atoms with Crippen molar-refractivity contribution >= 4 is 27.7 Å². The van der Waals surface area contributed by atoms with Crippen LogP contribution < -0.4 is 4.90 Å². The van der Waals surface area contributed by atoms with Crippen LogP contribution in [-0.4, -0.2) is 48.4 Å². The maximum atomic E-state index is 14.8. The monoisotopic (exact) mass is 398 g/mol. The van der Waals surface area contributed by atoms with Gasteiger partial charge >= 0.3 is 6.09 Å². The number of alkyl halides is 1. The van der Waals surface area contributed by atoms with E-state index >= 15 is 0 Å². The van der Waals surface area contributed by atoms with E-state index < -0.39 is 17.9 Å². The molecule has 2 heterocycles. The van der Waals surface area contributed by atoms with Gasteiger partial charge in [-0.1, -0.05) is 22.0 Å². The molecule has 0 spiro atoms. The van der Waals surface area contributed by atoms with Crippen molar-refractivity contribution in [2.75, 3.05) is 24.5 Å². The zero-order valence-electron chi connectivity index (χ0n) is 14.4. The standard InChI is InChI=1S/C18H24BrFN2O2/c1-18(2,3)24-17(23)21-9-8-16(14(20)11-21)22-10-7-12-13(19)5-4-6-15(12)22/h4-6,14,16H,7-11H2,1-3H3/t14-,16-/m1/s1. The molecule has 0 radical (unpaired) electrons. The van der Waals surface area contributed by atoms with E-state index in [4.69, 9.17) is 4.74 Å². The molecule has 1 aromatic rings. The van der Waals surface area contributed by atoms with Gasteiger partial charge in [-0.05, 0) is 51.3 Å². The van der Waals surface area contributed by atoms with Crippen molar-refractivity contribution < 1.29 is 13.9 Å². The molecule has 0 N–H and O–H groups in total. The number of fused-ring (bicyclic) bond motifs is 1. The summed E-state index contributed by atoms with van der Waals surface area (Å²) >= 11 is 3.58. The van der Waals surface area contributed by atoms with Gasteiger partial charge in [0, 0.05) is 23.2 Å². The molecular formula is C18H24BrFN2O2. The van der Waals surface area contributed by atoms with Gasteiger partial charge in [0.2, 0.25) is 0 Å². The minimum Gasteiger partial charge on any atom is -0.444 e. The highest BCUT2D eigenvalue weighted by atomic mass is 79.9. The van der Waals surface area contributed by atoms with Crippen molar-refractivity contribution in [3.63, 3.8) is 0 Å². The molecule has 132 valence electrons. The largest absolute Gasteiger partial charge is 0.444 e. The number of nitrogens with zero attached hydrogens (tertiary/aromatic N) is 2. The van der Waals surface area contributed by atoms with Crippen LogP contribution in [0.1, 0.15) is 32.8 Å². The van der Waals surface area contributed by atoms with E-state index in [1.54, 1.807) is 0 Å². The summed E-state index contributed by atoms with van der Waals surface area (Å²) in [6.45, 7) is 6.92. The Hall–Kier alpha value is -1.30. The Kier molecular flexibility index (Phi) is 4.78. The first kappa shape index (κ1) is 17.5. The van der Waals surface area contributed by atoms with Gasteiger partial charge in [-0.3, -0.25) is 0 Å². The van der Waals surface area contributed by atoms with Crippen LogP contribution in [0.2, 0.25) is 0 Å². The fourth-order valence-corrected chi connectivity index (χ4v) is 4.05. The molecular weight excluding hydrogens is 375 g/mol. The smallest absolute Gasteiger partial charge is 0.410 e. The van der Waals surface area contributed by atoms with Crippen LogP contribution in [0.25, 0.3) is 0 Å². The minimum atomic E-state index is -1.07. The van der Waals surface area contributed by atoms with Gasteiger partial charge < -0.3 is 14.5 Å². The van der Waals surface area contributed by atoms with Gasteiger partial charge in [0.15, 0.2) is 0 Å². The molecule has 2 aliphatic heterocycles. The fourth-order valence-electron chi connectivity index (χ4n) is 3.50. The lowest BCUT2D eigenvalue weighted by Gasteiger charge is -2.40. The topological polar surface area (TPSA) is 32.8 Å². The molecule has 1 saturated heterocycles. The summed E-state index contributed by atoms with van der Waals surface area (Å²) in [6.07, 6.45) is 0.0478. The molecule has 1 aromatic carbocycles. The molecule has 0 aromatic heterocycles. The number of halogens is 2. The maximum absolute atomic E-state index is 14.8. The second-order valence-electron chi connectivity index (χ2n) is 7.48. The highest BCUT2D eigenvalue weighted by Gasteiger charge is 2.38. The summed E-state index contributed by atoms with van der Waals surface area (Å²) in [6, 6.07) is 5.89. The van der Waals surface area contributed by atoms with Crippen molar-refractivity contribution in [3.05, 3.63) is 28.2 Å². The summed E-state index contributed by atoms with van der Waals surface area (Å²) in [5.74, 6) is 0. The number of carbonyl (C=O) groups excluding carboxylic acids is 1. The van der Waals surface area contributed by atoms with Crippen molar-refractivity contribution in [1.82, 2.24) is 4.90 Å². The molecule has 0 unspecified atom stereocenters. The number of hydrogen-bond acceptors (Lipinski definition) is 3. The summed E-state index contributed by atoms with van der Waals surface area (Å²) in [5.41, 5.74) is 1.81. The molecule has 0 saturated carbocycles. The molecule has 24 heavy (non-hydrogen) atoms. The molecule has 3 rings (SSSR count). The fraction of sp³-hybridized carbons (Fsp3) is 0.611. The number of likely N-dealkylation sites (tertiary alicyclic amines) is 1. The van der Waals surface area contributed by atoms with Gasteiger partial charge in [-0.25, -0.2) is 9.18 Å². The van der Waals surface area contributed by atoms with E-state index in [1.165, 1.54) is 10.5 Å². The van der Waals surface area contributed by atoms with Crippen molar-refractivity contribution in [1.29, 1.82) is 0 Å². The predicted molar refractivity (Wildman–Crippen MR) is 96.3 cm³/mol. The highest BCUT2D eigenvalue weighted by Crippen LogP contribution is 2.37. The van der Waals surface area contributed by atoms with Crippen LogP contribution in [-0.2, 0) is 11.2 Å². The van der Waals surface area contributed by atoms with E-state index in [0.29, 0.717) is 13.0 Å². The summed E-state index contributed by atoms with van der Waals surface area (Å²) in [4.78, 5) is 15.8. The third-order valence-electron chi connectivity index (χ3n) is 4.57. The zero-order chi connectivity index (χ0) is 17.5. The molecule has 2 atom stereocenters. The lowest BCUT2D eigenvalue weighted by Crippen LogP contribution is -2.54. The van der Waals surface area contributed by atoms with Crippen LogP contribution in [0.3, 0.4) is 0 Å². The van der Waals surface area contributed by atoms with Gasteiger partial charge in [-0.2, -0.15) is 0 Å². The lowest BCUT2D eigenvalue weighted by atomic mass is 10.0. The van der Waals surface area contributed by atoms with E-state index in [9.17, 15) is 9.18 Å². The Morgan fingerprint density at radius 1 is 1.33 bits per heavy atom. The molecule has 2 aliphatic rings. The van der Waals surface area contributed by atoms with Crippen LogP contribution in [0.5, 0.6) is 0 Å². The third kappa shape index (κ3) is 3.53. The van der Waals surface area contributed by atoms with E-state index in [-0.39, 0.29) is 12.6 Å². The predicted octanol–water partition coefficient (Wildman–Crippen LogP) is 4.16. The van der Waals surface area contributed by atoms with Gasteiger partial charge in [0.05, 0.1) is 12.6 Å². The molecule has 6 heteroatoms. The van der Waals surface area contributed by atoms with Crippen LogP contribution in [0.4, 0.5) is 14.9 Å². The van der Waals surface area contributed by atoms with E-state index in [0.717, 1.165) is 23.1 Å². The maximum Gasteiger partial charge on any atom is 0.410 e. The van der Waals surface area contributed by atoms with E-state index in [2.05, 4.69) is 26.9 Å². The van der Waals surface area contributed by atoms with Crippen LogP contribution in [0, 0.1) is 0 Å². The molecule has 0 bridgehead atoms. The number of benzene rings is 1. The highest BCUT2D eigenvalue weighted by molar-refractivity contribution is 9.10. The minimum absolute atomic E-state index is 0.0966. The Balaban J connectivity index is 1.68. The zero-order valence-corrected chi connectivity index (χ0v) is 16.0. The number of carbonyl (C=O) groups is 1. The Bertz CT molecular complexity index is 632. The number of anilines is 1. The molecule has 1 amide bonds. The third-order valence-corrected chi connectivity index (χ3v) is 5.31. The normalized spacial score (nSPS) is 24.0. The summed E-state index contributed by atoms with van der Waals surface area (Å²) in [5, 5.41) is 0. The first-order chi connectivity index (χ1) is 11.3. The Morgan fingerprint density at radius 2 is 2.08 bits per heavy atom. The van der Waals surface area contributed by atoms with Crippen molar-refractivity contribution in [2.45, 2.75) is 51.4 Å². The van der Waals surface area contributed by atoms with Gasteiger partial charge in [0.1, 0.15) is 11.8 Å². The molecule has 1 fully saturated rings. The van der Waals surface area contributed by atoms with Crippen molar-refractivity contribution in [3.8, 4) is 0 Å². The van der Waals surface area contributed by atoms with Gasteiger partial charge in [0.25, 0.3) is 0 Å². The quantitative estimate of drug-likeness (QED) is 0.711. The van der Waals surface area contributed by atoms with Crippen LogP contribution in [0.15, 0.2) is 22.7 Å². The molecule has 4 nitrogen and oxygen atoms in total. The molecule has 0 aliphatic carbocycles. The number of hydrogen-bond donors (Lipinski definition) is 0. The number of piperidine rings is 1. The second-order valence-corrected chi connectivity index (χ2v) is 8.33. The summed E-state index contributed by atoms with van der Waals surface area (Å²) in [7, 11) is 0. The lowest BCUT2D eigenvalue weighted by molar-refractivity contribution is 0.0112. The number of rotatable bonds is 1. The Morgan fingerprint density at radius 3 is 2.75 bits per heavy atom. The average molecular weight is 399 g/mol. The van der Waals surface area contributed by atoms with Gasteiger partial charge in [-0.15, -0.1) is 0 Å². The first-order valence-corrected chi connectivity index (χ1v) is 9.21. The summed E-state index contributed by atoms with van der Waals surface area (Å²) < 4.78 is 21.3. The SMILES string of the molecule is CC(C)(C)OC(=O)N1CC[C@@H](N2CCc3c(Br)cccc32)[C@H](F)C1. The Labute approximate surface area is 151 Å². The van der Waals surface area contributed by atoms with E-state index in [1.807, 2.05) is 32.9 Å². The number of amides is 1.